The minimum Gasteiger partial charge on any atom is -0.467 e. The standard InChI is InChI=1S/C11H16N2O5/c1-4-5-7-8(14)12-11(17)13(9(7)15)6(2)10(16)18-3/h6-7H,4-5H2,1-3H3,(H,12,14,17). The monoisotopic (exact) mass is 256 g/mol. The van der Waals surface area contributed by atoms with E-state index >= 15 is 0 Å². The van der Waals surface area contributed by atoms with Gasteiger partial charge >= 0.3 is 12.0 Å². The lowest BCUT2D eigenvalue weighted by atomic mass is 9.98. The van der Waals surface area contributed by atoms with Crippen LogP contribution in [-0.4, -0.2) is 41.9 Å². The lowest BCUT2D eigenvalue weighted by molar-refractivity contribution is -0.154. The summed E-state index contributed by atoms with van der Waals surface area (Å²) in [5, 5.41) is 2.07. The van der Waals surface area contributed by atoms with E-state index in [0.717, 1.165) is 4.90 Å². The fourth-order valence-electron chi connectivity index (χ4n) is 1.82. The summed E-state index contributed by atoms with van der Waals surface area (Å²) in [6.45, 7) is 3.20. The zero-order valence-corrected chi connectivity index (χ0v) is 10.6. The molecule has 18 heavy (non-hydrogen) atoms. The van der Waals surface area contributed by atoms with Gasteiger partial charge in [0.2, 0.25) is 11.8 Å². The molecular weight excluding hydrogens is 240 g/mol. The van der Waals surface area contributed by atoms with Crippen molar-refractivity contribution in [3.8, 4) is 0 Å². The van der Waals surface area contributed by atoms with Crippen molar-refractivity contribution in [3.05, 3.63) is 0 Å². The van der Waals surface area contributed by atoms with Crippen LogP contribution in [0.1, 0.15) is 26.7 Å². The molecule has 1 heterocycles. The van der Waals surface area contributed by atoms with Crippen LogP contribution in [0.15, 0.2) is 0 Å². The molecule has 0 radical (unpaired) electrons. The van der Waals surface area contributed by atoms with Crippen LogP contribution in [0.3, 0.4) is 0 Å². The minimum absolute atomic E-state index is 0.336. The van der Waals surface area contributed by atoms with Gasteiger partial charge in [-0.3, -0.25) is 14.9 Å². The van der Waals surface area contributed by atoms with Crippen molar-refractivity contribution in [2.24, 2.45) is 5.92 Å². The Hall–Kier alpha value is -1.92. The molecule has 2 atom stereocenters. The van der Waals surface area contributed by atoms with Gasteiger partial charge in [-0.1, -0.05) is 13.3 Å². The highest BCUT2D eigenvalue weighted by atomic mass is 16.5. The summed E-state index contributed by atoms with van der Waals surface area (Å²) in [5.41, 5.74) is 0. The Morgan fingerprint density at radius 2 is 2.06 bits per heavy atom. The second-order valence-electron chi connectivity index (χ2n) is 4.04. The minimum atomic E-state index is -1.05. The molecule has 1 N–H and O–H groups in total. The number of amides is 4. The van der Waals surface area contributed by atoms with E-state index in [1.165, 1.54) is 14.0 Å². The van der Waals surface area contributed by atoms with E-state index in [1.54, 1.807) is 0 Å². The number of hydrogen-bond acceptors (Lipinski definition) is 5. The van der Waals surface area contributed by atoms with Crippen LogP contribution < -0.4 is 5.32 Å². The zero-order valence-electron chi connectivity index (χ0n) is 10.6. The lowest BCUT2D eigenvalue weighted by Crippen LogP contribution is -2.61. The van der Waals surface area contributed by atoms with Crippen LogP contribution in [-0.2, 0) is 19.1 Å². The summed E-state index contributed by atoms with van der Waals surface area (Å²) in [5.74, 6) is -2.88. The maximum Gasteiger partial charge on any atom is 0.331 e. The van der Waals surface area contributed by atoms with Crippen LogP contribution in [0.4, 0.5) is 4.79 Å². The molecule has 1 fully saturated rings. The predicted octanol–water partition coefficient (Wildman–Crippen LogP) is 0.0426. The van der Waals surface area contributed by atoms with Crippen molar-refractivity contribution in [3.63, 3.8) is 0 Å². The Morgan fingerprint density at radius 3 is 2.56 bits per heavy atom. The first-order chi connectivity index (χ1) is 8.43. The molecular formula is C11H16N2O5. The van der Waals surface area contributed by atoms with E-state index in [2.05, 4.69) is 10.1 Å². The second kappa shape index (κ2) is 5.61. The third-order valence-corrected chi connectivity index (χ3v) is 2.81. The maximum atomic E-state index is 12.0. The number of imide groups is 2. The van der Waals surface area contributed by atoms with E-state index in [0.29, 0.717) is 12.8 Å². The molecule has 2 unspecified atom stereocenters. The Balaban J connectivity index is 2.96. The van der Waals surface area contributed by atoms with Gasteiger partial charge < -0.3 is 4.74 Å². The third kappa shape index (κ3) is 2.49. The van der Waals surface area contributed by atoms with Crippen molar-refractivity contribution in [2.45, 2.75) is 32.7 Å². The summed E-state index contributed by atoms with van der Waals surface area (Å²) >= 11 is 0. The first-order valence-corrected chi connectivity index (χ1v) is 5.69. The number of nitrogens with zero attached hydrogens (tertiary/aromatic N) is 1. The average Bonchev–Trinajstić information content (AvgIpc) is 2.32. The second-order valence-corrected chi connectivity index (χ2v) is 4.04. The molecule has 1 saturated heterocycles. The molecule has 7 heteroatoms. The smallest absolute Gasteiger partial charge is 0.331 e. The fraction of sp³-hybridized carbons (Fsp3) is 0.636. The highest BCUT2D eigenvalue weighted by molar-refractivity contribution is 6.17. The summed E-state index contributed by atoms with van der Waals surface area (Å²) in [7, 11) is 1.17. The van der Waals surface area contributed by atoms with E-state index in [4.69, 9.17) is 0 Å². The number of esters is 1. The first-order valence-electron chi connectivity index (χ1n) is 5.69. The Kier molecular flexibility index (Phi) is 4.41. The summed E-state index contributed by atoms with van der Waals surface area (Å²) < 4.78 is 4.49. The molecule has 4 amide bonds. The van der Waals surface area contributed by atoms with E-state index in [1.807, 2.05) is 6.92 Å². The molecule has 0 aromatic heterocycles. The van der Waals surface area contributed by atoms with Crippen LogP contribution in [0.5, 0.6) is 0 Å². The van der Waals surface area contributed by atoms with Crippen LogP contribution in [0.25, 0.3) is 0 Å². The van der Waals surface area contributed by atoms with Crippen molar-refractivity contribution >= 4 is 23.8 Å². The largest absolute Gasteiger partial charge is 0.467 e. The molecule has 0 bridgehead atoms. The number of barbiturate groups is 1. The lowest BCUT2D eigenvalue weighted by Gasteiger charge is -2.32. The van der Waals surface area contributed by atoms with Crippen LogP contribution in [0, 0.1) is 5.92 Å². The van der Waals surface area contributed by atoms with Crippen molar-refractivity contribution in [1.29, 1.82) is 0 Å². The Labute approximate surface area is 104 Å². The number of carbonyl (C=O) groups is 4. The van der Waals surface area contributed by atoms with Crippen molar-refractivity contribution in [2.75, 3.05) is 7.11 Å². The number of urea groups is 1. The van der Waals surface area contributed by atoms with Gasteiger partial charge in [-0.15, -0.1) is 0 Å². The number of methoxy groups -OCH3 is 1. The van der Waals surface area contributed by atoms with Gasteiger partial charge in [0, 0.05) is 0 Å². The SMILES string of the molecule is CCCC1C(=O)NC(=O)N(C(C)C(=O)OC)C1=O. The predicted molar refractivity (Wildman–Crippen MR) is 60.3 cm³/mol. The van der Waals surface area contributed by atoms with Gasteiger partial charge in [-0.05, 0) is 13.3 Å². The van der Waals surface area contributed by atoms with Crippen LogP contribution in [0.2, 0.25) is 0 Å². The molecule has 7 nitrogen and oxygen atoms in total. The summed E-state index contributed by atoms with van der Waals surface area (Å²) in [4.78, 5) is 47.3. The van der Waals surface area contributed by atoms with Gasteiger partial charge in [-0.25, -0.2) is 14.5 Å². The third-order valence-electron chi connectivity index (χ3n) is 2.81. The topological polar surface area (TPSA) is 92.8 Å². The van der Waals surface area contributed by atoms with Gasteiger partial charge in [0.05, 0.1) is 7.11 Å². The zero-order chi connectivity index (χ0) is 13.9. The number of nitrogens with one attached hydrogen (secondary N) is 1. The highest BCUT2D eigenvalue weighted by Crippen LogP contribution is 2.18. The van der Waals surface area contributed by atoms with E-state index in [9.17, 15) is 19.2 Å². The quantitative estimate of drug-likeness (QED) is 0.566. The van der Waals surface area contributed by atoms with Crippen LogP contribution >= 0.6 is 0 Å². The molecule has 0 aromatic rings. The van der Waals surface area contributed by atoms with Crippen molar-refractivity contribution < 1.29 is 23.9 Å². The molecule has 1 aliphatic rings. The fourth-order valence-corrected chi connectivity index (χ4v) is 1.82. The molecule has 1 rings (SSSR count). The highest BCUT2D eigenvalue weighted by Gasteiger charge is 2.43. The van der Waals surface area contributed by atoms with Crippen molar-refractivity contribution in [1.82, 2.24) is 10.2 Å². The van der Waals surface area contributed by atoms with Gasteiger partial charge in [-0.2, -0.15) is 0 Å². The van der Waals surface area contributed by atoms with Gasteiger partial charge in [0.1, 0.15) is 12.0 Å². The molecule has 1 aliphatic heterocycles. The average molecular weight is 256 g/mol. The summed E-state index contributed by atoms with van der Waals surface area (Å²) in [6.07, 6.45) is 0.959. The van der Waals surface area contributed by atoms with Gasteiger partial charge in [0.25, 0.3) is 0 Å². The maximum absolute atomic E-state index is 12.0. The molecule has 0 saturated carbocycles. The van der Waals surface area contributed by atoms with Gasteiger partial charge in [0.15, 0.2) is 0 Å². The number of rotatable bonds is 4. The Bertz CT molecular complexity index is 393. The summed E-state index contributed by atoms with van der Waals surface area (Å²) in [6, 6.07) is -1.93. The number of carbonyl (C=O) groups excluding carboxylic acids is 4. The normalized spacial score (nSPS) is 21.6. The Morgan fingerprint density at radius 1 is 1.44 bits per heavy atom. The molecule has 100 valence electrons. The van der Waals surface area contributed by atoms with E-state index in [-0.39, 0.29) is 0 Å². The van der Waals surface area contributed by atoms with E-state index < -0.39 is 35.8 Å². The number of ether oxygens (including phenoxy) is 1. The molecule has 0 aromatic carbocycles. The molecule has 0 spiro atoms. The first kappa shape index (κ1) is 14.1. The molecule has 0 aliphatic carbocycles. The number of hydrogen-bond donors (Lipinski definition) is 1.